The number of hydrogen-bond acceptors (Lipinski definition) is 5. The molecule has 2 aromatic rings. The van der Waals surface area contributed by atoms with Crippen molar-refractivity contribution in [2.24, 2.45) is 11.7 Å². The minimum atomic E-state index is -0.453. The number of carbonyl (C=O) groups is 3. The standard InChI is InChI=1S/C21H24N2O4S/c1-14(2)21(26)27-16-9-7-15(8-10-16)13-28-18-6-4-3-5-17(18)20(25)23-12-11-19(22)24/h3-10,14H,11-13H2,1-2H3,(H2,22,24)(H,23,25). The molecule has 0 radical (unpaired) electrons. The Hall–Kier alpha value is -2.80. The van der Waals surface area contributed by atoms with Crippen molar-refractivity contribution >= 4 is 29.5 Å². The zero-order valence-electron chi connectivity index (χ0n) is 15.9. The monoisotopic (exact) mass is 400 g/mol. The average Bonchev–Trinajstić information content (AvgIpc) is 2.67. The van der Waals surface area contributed by atoms with Gasteiger partial charge in [-0.3, -0.25) is 14.4 Å². The van der Waals surface area contributed by atoms with Gasteiger partial charge >= 0.3 is 5.97 Å². The normalized spacial score (nSPS) is 10.5. The number of primary amides is 1. The number of thioether (sulfide) groups is 1. The Labute approximate surface area is 168 Å². The lowest BCUT2D eigenvalue weighted by atomic mass is 10.2. The summed E-state index contributed by atoms with van der Waals surface area (Å²) in [6.45, 7) is 3.79. The Morgan fingerprint density at radius 1 is 1.07 bits per heavy atom. The number of nitrogens with two attached hydrogens (primary N) is 1. The SMILES string of the molecule is CC(C)C(=O)Oc1ccc(CSc2ccccc2C(=O)NCCC(N)=O)cc1. The second-order valence-electron chi connectivity index (χ2n) is 6.48. The fourth-order valence-corrected chi connectivity index (χ4v) is 3.23. The van der Waals surface area contributed by atoms with Gasteiger partial charge in [0.2, 0.25) is 5.91 Å². The summed E-state index contributed by atoms with van der Waals surface area (Å²) in [5.74, 6) is 0.0379. The Balaban J connectivity index is 1.96. The van der Waals surface area contributed by atoms with Crippen LogP contribution in [0.4, 0.5) is 0 Å². The molecule has 0 saturated heterocycles. The molecule has 6 nitrogen and oxygen atoms in total. The molecule has 0 fully saturated rings. The van der Waals surface area contributed by atoms with E-state index in [2.05, 4.69) is 5.32 Å². The number of amides is 2. The number of benzene rings is 2. The van der Waals surface area contributed by atoms with E-state index in [0.29, 0.717) is 17.1 Å². The molecule has 3 N–H and O–H groups in total. The van der Waals surface area contributed by atoms with Gasteiger partial charge in [-0.2, -0.15) is 0 Å². The molecule has 0 aliphatic carbocycles. The van der Waals surface area contributed by atoms with Crippen molar-refractivity contribution in [3.05, 3.63) is 59.7 Å². The largest absolute Gasteiger partial charge is 0.426 e. The van der Waals surface area contributed by atoms with Gasteiger partial charge in [-0.25, -0.2) is 0 Å². The Kier molecular flexibility index (Phi) is 8.07. The highest BCUT2D eigenvalue weighted by Crippen LogP contribution is 2.27. The predicted molar refractivity (Wildman–Crippen MR) is 109 cm³/mol. The fraction of sp³-hybridized carbons (Fsp3) is 0.286. The van der Waals surface area contributed by atoms with Gasteiger partial charge in [-0.05, 0) is 29.8 Å². The lowest BCUT2D eigenvalue weighted by molar-refractivity contribution is -0.137. The van der Waals surface area contributed by atoms with Crippen molar-refractivity contribution in [1.29, 1.82) is 0 Å². The van der Waals surface area contributed by atoms with E-state index >= 15 is 0 Å². The molecule has 0 heterocycles. The molecule has 0 unspecified atom stereocenters. The number of carbonyl (C=O) groups excluding carboxylic acids is 3. The summed E-state index contributed by atoms with van der Waals surface area (Å²) in [6, 6.07) is 14.6. The minimum absolute atomic E-state index is 0.106. The number of nitrogens with one attached hydrogen (secondary N) is 1. The van der Waals surface area contributed by atoms with Crippen LogP contribution in [0.25, 0.3) is 0 Å². The lowest BCUT2D eigenvalue weighted by Crippen LogP contribution is -2.28. The first-order valence-electron chi connectivity index (χ1n) is 8.95. The van der Waals surface area contributed by atoms with Crippen LogP contribution in [0.2, 0.25) is 0 Å². The smallest absolute Gasteiger partial charge is 0.313 e. The highest BCUT2D eigenvalue weighted by molar-refractivity contribution is 7.98. The topological polar surface area (TPSA) is 98.5 Å². The zero-order valence-corrected chi connectivity index (χ0v) is 16.8. The van der Waals surface area contributed by atoms with Crippen LogP contribution >= 0.6 is 11.8 Å². The van der Waals surface area contributed by atoms with Gasteiger partial charge in [0, 0.05) is 23.6 Å². The molecule has 7 heteroatoms. The quantitative estimate of drug-likeness (QED) is 0.383. The molecule has 0 aromatic heterocycles. The van der Waals surface area contributed by atoms with E-state index in [-0.39, 0.29) is 30.8 Å². The van der Waals surface area contributed by atoms with Crippen LogP contribution in [0.1, 0.15) is 36.2 Å². The summed E-state index contributed by atoms with van der Waals surface area (Å²) >= 11 is 1.53. The third kappa shape index (κ3) is 6.74. The van der Waals surface area contributed by atoms with E-state index < -0.39 is 5.91 Å². The second-order valence-corrected chi connectivity index (χ2v) is 7.49. The van der Waals surface area contributed by atoms with Crippen LogP contribution in [0, 0.1) is 5.92 Å². The summed E-state index contributed by atoms with van der Waals surface area (Å²) in [4.78, 5) is 35.6. The van der Waals surface area contributed by atoms with Gasteiger partial charge in [-0.1, -0.05) is 38.1 Å². The second kappa shape index (κ2) is 10.5. The number of ether oxygens (including phenoxy) is 1. The Morgan fingerprint density at radius 3 is 2.39 bits per heavy atom. The summed E-state index contributed by atoms with van der Waals surface area (Å²) in [6.07, 6.45) is 0.106. The number of rotatable bonds is 9. The zero-order chi connectivity index (χ0) is 20.5. The van der Waals surface area contributed by atoms with Crippen LogP contribution in [-0.2, 0) is 15.3 Å². The lowest BCUT2D eigenvalue weighted by Gasteiger charge is -2.10. The maximum absolute atomic E-state index is 12.3. The Bertz CT molecular complexity index is 835. The van der Waals surface area contributed by atoms with Gasteiger partial charge in [0.15, 0.2) is 0 Å². The van der Waals surface area contributed by atoms with Crippen LogP contribution in [0.5, 0.6) is 5.75 Å². The van der Waals surface area contributed by atoms with Crippen molar-refractivity contribution in [1.82, 2.24) is 5.32 Å². The molecular formula is C21H24N2O4S. The summed E-state index contributed by atoms with van der Waals surface area (Å²) in [7, 11) is 0. The molecule has 0 bridgehead atoms. The predicted octanol–water partition coefficient (Wildman–Crippen LogP) is 3.15. The molecular weight excluding hydrogens is 376 g/mol. The van der Waals surface area contributed by atoms with Crippen molar-refractivity contribution < 1.29 is 19.1 Å². The molecule has 0 aliphatic rings. The van der Waals surface area contributed by atoms with Crippen molar-refractivity contribution in [3.63, 3.8) is 0 Å². The van der Waals surface area contributed by atoms with Gasteiger partial charge in [0.25, 0.3) is 5.91 Å². The maximum atomic E-state index is 12.3. The first-order chi connectivity index (χ1) is 13.4. The summed E-state index contributed by atoms with van der Waals surface area (Å²) in [5, 5.41) is 2.70. The van der Waals surface area contributed by atoms with Crippen LogP contribution in [0.3, 0.4) is 0 Å². The van der Waals surface area contributed by atoms with Crippen molar-refractivity contribution in [2.75, 3.05) is 6.54 Å². The third-order valence-electron chi connectivity index (χ3n) is 3.80. The van der Waals surface area contributed by atoms with E-state index in [9.17, 15) is 14.4 Å². The van der Waals surface area contributed by atoms with Gasteiger partial charge in [0.05, 0.1) is 11.5 Å². The molecule has 2 amide bonds. The first-order valence-corrected chi connectivity index (χ1v) is 9.94. The van der Waals surface area contributed by atoms with Crippen LogP contribution in [0.15, 0.2) is 53.4 Å². The fourth-order valence-electron chi connectivity index (χ4n) is 2.22. The average molecular weight is 401 g/mol. The van der Waals surface area contributed by atoms with Gasteiger partial charge in [-0.15, -0.1) is 11.8 Å². The summed E-state index contributed by atoms with van der Waals surface area (Å²) in [5.41, 5.74) is 6.68. The minimum Gasteiger partial charge on any atom is -0.426 e. The van der Waals surface area contributed by atoms with Gasteiger partial charge < -0.3 is 15.8 Å². The number of esters is 1. The molecule has 0 saturated carbocycles. The van der Waals surface area contributed by atoms with E-state index in [0.717, 1.165) is 10.5 Å². The third-order valence-corrected chi connectivity index (χ3v) is 4.94. The van der Waals surface area contributed by atoms with E-state index in [1.165, 1.54) is 11.8 Å². The van der Waals surface area contributed by atoms with E-state index in [4.69, 9.17) is 10.5 Å². The van der Waals surface area contributed by atoms with E-state index in [1.54, 1.807) is 38.1 Å². The van der Waals surface area contributed by atoms with Gasteiger partial charge in [0.1, 0.15) is 5.75 Å². The highest BCUT2D eigenvalue weighted by Gasteiger charge is 2.12. The molecule has 2 rings (SSSR count). The van der Waals surface area contributed by atoms with Crippen molar-refractivity contribution in [2.45, 2.75) is 30.9 Å². The Morgan fingerprint density at radius 2 is 1.75 bits per heavy atom. The highest BCUT2D eigenvalue weighted by atomic mass is 32.2. The van der Waals surface area contributed by atoms with Crippen LogP contribution in [-0.4, -0.2) is 24.3 Å². The summed E-state index contributed by atoms with van der Waals surface area (Å²) < 4.78 is 5.27. The van der Waals surface area contributed by atoms with Crippen molar-refractivity contribution in [3.8, 4) is 5.75 Å². The molecule has 2 aromatic carbocycles. The molecule has 0 spiro atoms. The molecule has 0 aliphatic heterocycles. The van der Waals surface area contributed by atoms with E-state index in [1.807, 2.05) is 24.3 Å². The number of hydrogen-bond donors (Lipinski definition) is 2. The maximum Gasteiger partial charge on any atom is 0.313 e. The molecule has 28 heavy (non-hydrogen) atoms. The van der Waals surface area contributed by atoms with Crippen LogP contribution < -0.4 is 15.8 Å². The molecule has 148 valence electrons. The molecule has 0 atom stereocenters. The first kappa shape index (κ1) is 21.5.